The lowest BCUT2D eigenvalue weighted by molar-refractivity contribution is -0.384. The number of nitrogens with one attached hydrogen (secondary N) is 1. The molecule has 0 bridgehead atoms. The van der Waals surface area contributed by atoms with E-state index in [0.29, 0.717) is 5.75 Å². The first kappa shape index (κ1) is 23.0. The Morgan fingerprint density at radius 3 is 2.43 bits per heavy atom. The van der Waals surface area contributed by atoms with Crippen LogP contribution in [0.4, 0.5) is 15.8 Å². The molecule has 30 heavy (non-hydrogen) atoms. The second-order valence-corrected chi connectivity index (χ2v) is 7.92. The zero-order valence-corrected chi connectivity index (χ0v) is 17.0. The van der Waals surface area contributed by atoms with Crippen LogP contribution in [0.5, 0.6) is 5.75 Å². The van der Waals surface area contributed by atoms with Gasteiger partial charge in [0.1, 0.15) is 37.0 Å². The predicted molar refractivity (Wildman–Crippen MR) is 105 cm³/mol. The SMILES string of the molecule is CN(C)c1ccc(S(=O)(=O)NCC(=O)OCCOc2ccc(F)cc2)cc1[N+](=O)[O-]. The summed E-state index contributed by atoms with van der Waals surface area (Å²) in [4.78, 5) is 23.4. The van der Waals surface area contributed by atoms with E-state index in [1.807, 2.05) is 4.72 Å². The van der Waals surface area contributed by atoms with Crippen LogP contribution < -0.4 is 14.4 Å². The fraction of sp³-hybridized carbons (Fsp3) is 0.278. The number of carbonyl (C=O) groups is 1. The van der Waals surface area contributed by atoms with Crippen LogP contribution in [0.3, 0.4) is 0 Å². The number of nitrogens with zero attached hydrogens (tertiary/aromatic N) is 2. The van der Waals surface area contributed by atoms with E-state index in [1.165, 1.54) is 41.3 Å². The Balaban J connectivity index is 1.88. The Kier molecular flexibility index (Phi) is 7.66. The molecule has 0 unspecified atom stereocenters. The van der Waals surface area contributed by atoms with Crippen molar-refractivity contribution in [3.05, 3.63) is 58.4 Å². The third-order valence-corrected chi connectivity index (χ3v) is 5.17. The van der Waals surface area contributed by atoms with Crippen molar-refractivity contribution in [3.8, 4) is 5.75 Å². The van der Waals surface area contributed by atoms with Crippen LogP contribution in [0, 0.1) is 15.9 Å². The number of rotatable bonds is 10. The second-order valence-electron chi connectivity index (χ2n) is 6.15. The van der Waals surface area contributed by atoms with E-state index in [4.69, 9.17) is 9.47 Å². The number of ether oxygens (including phenoxy) is 2. The fourth-order valence-corrected chi connectivity index (χ4v) is 3.32. The number of nitro benzene ring substituents is 1. The van der Waals surface area contributed by atoms with Crippen molar-refractivity contribution in [2.45, 2.75) is 4.90 Å². The van der Waals surface area contributed by atoms with Crippen molar-refractivity contribution in [1.29, 1.82) is 0 Å². The van der Waals surface area contributed by atoms with Gasteiger partial charge in [0.05, 0.1) is 9.82 Å². The second kappa shape index (κ2) is 9.98. The maximum Gasteiger partial charge on any atom is 0.321 e. The van der Waals surface area contributed by atoms with Crippen LogP contribution in [0.25, 0.3) is 0 Å². The number of anilines is 1. The average molecular weight is 441 g/mol. The fourth-order valence-electron chi connectivity index (χ4n) is 2.33. The van der Waals surface area contributed by atoms with Gasteiger partial charge in [-0.15, -0.1) is 0 Å². The minimum absolute atomic E-state index is 0.0116. The van der Waals surface area contributed by atoms with Crippen molar-refractivity contribution in [3.63, 3.8) is 0 Å². The molecule has 0 fully saturated rings. The first-order chi connectivity index (χ1) is 14.1. The lowest BCUT2D eigenvalue weighted by Crippen LogP contribution is -2.31. The third kappa shape index (κ3) is 6.39. The van der Waals surface area contributed by atoms with E-state index >= 15 is 0 Å². The molecule has 0 aromatic heterocycles. The number of halogens is 1. The van der Waals surface area contributed by atoms with Gasteiger partial charge in [0.25, 0.3) is 5.69 Å². The summed E-state index contributed by atoms with van der Waals surface area (Å²) in [5, 5.41) is 11.2. The molecule has 0 aliphatic carbocycles. The Bertz CT molecular complexity index is 1010. The smallest absolute Gasteiger partial charge is 0.321 e. The average Bonchev–Trinajstić information content (AvgIpc) is 2.70. The molecule has 0 spiro atoms. The monoisotopic (exact) mass is 441 g/mol. The van der Waals surface area contributed by atoms with Gasteiger partial charge in [0.2, 0.25) is 10.0 Å². The molecule has 0 aliphatic rings. The van der Waals surface area contributed by atoms with Crippen LogP contribution in [0.1, 0.15) is 0 Å². The molecule has 0 heterocycles. The number of sulfonamides is 1. The van der Waals surface area contributed by atoms with Gasteiger partial charge in [0.15, 0.2) is 0 Å². The van der Waals surface area contributed by atoms with Crippen LogP contribution in [0.15, 0.2) is 47.4 Å². The van der Waals surface area contributed by atoms with Gasteiger partial charge < -0.3 is 14.4 Å². The third-order valence-electron chi connectivity index (χ3n) is 3.77. The molecular weight excluding hydrogens is 421 g/mol. The van der Waals surface area contributed by atoms with Crippen LogP contribution in [-0.4, -0.2) is 53.2 Å². The number of esters is 1. The number of hydrogen-bond donors (Lipinski definition) is 1. The highest BCUT2D eigenvalue weighted by Crippen LogP contribution is 2.29. The maximum absolute atomic E-state index is 12.8. The molecule has 0 saturated carbocycles. The van der Waals surface area contributed by atoms with E-state index in [2.05, 4.69) is 0 Å². The van der Waals surface area contributed by atoms with E-state index in [-0.39, 0.29) is 29.5 Å². The first-order valence-corrected chi connectivity index (χ1v) is 10.1. The molecule has 1 N–H and O–H groups in total. The molecule has 2 rings (SSSR count). The normalized spacial score (nSPS) is 11.0. The van der Waals surface area contributed by atoms with Gasteiger partial charge >= 0.3 is 5.97 Å². The van der Waals surface area contributed by atoms with Gasteiger partial charge in [0, 0.05) is 20.2 Å². The van der Waals surface area contributed by atoms with E-state index in [9.17, 15) is 27.7 Å². The van der Waals surface area contributed by atoms with E-state index in [0.717, 1.165) is 6.07 Å². The predicted octanol–water partition coefficient (Wildman–Crippen LogP) is 1.70. The minimum Gasteiger partial charge on any atom is -0.490 e. The molecule has 0 radical (unpaired) electrons. The Hall–Kier alpha value is -3.25. The summed E-state index contributed by atoms with van der Waals surface area (Å²) >= 11 is 0. The lowest BCUT2D eigenvalue weighted by Gasteiger charge is -2.14. The number of carbonyl (C=O) groups excluding carboxylic acids is 1. The maximum atomic E-state index is 12.8. The van der Waals surface area contributed by atoms with Gasteiger partial charge in [-0.2, -0.15) is 4.72 Å². The molecular formula is C18H20FN3O7S. The summed E-state index contributed by atoms with van der Waals surface area (Å²) < 4.78 is 49.6. The number of hydrogen-bond acceptors (Lipinski definition) is 8. The number of nitro groups is 1. The highest BCUT2D eigenvalue weighted by Gasteiger charge is 2.23. The van der Waals surface area contributed by atoms with Gasteiger partial charge in [-0.05, 0) is 36.4 Å². The van der Waals surface area contributed by atoms with Crippen LogP contribution >= 0.6 is 0 Å². The molecule has 0 atom stereocenters. The highest BCUT2D eigenvalue weighted by molar-refractivity contribution is 7.89. The van der Waals surface area contributed by atoms with E-state index < -0.39 is 33.3 Å². The molecule has 10 nitrogen and oxygen atoms in total. The van der Waals surface area contributed by atoms with Crippen molar-refractivity contribution in [1.82, 2.24) is 4.72 Å². The molecule has 0 saturated heterocycles. The summed E-state index contributed by atoms with van der Waals surface area (Å²) in [6.45, 7) is -0.828. The van der Waals surface area contributed by atoms with Crippen LogP contribution in [0.2, 0.25) is 0 Å². The zero-order valence-electron chi connectivity index (χ0n) is 16.2. The quantitative estimate of drug-likeness (QED) is 0.255. The van der Waals surface area contributed by atoms with Gasteiger partial charge in [-0.1, -0.05) is 0 Å². The molecule has 12 heteroatoms. The van der Waals surface area contributed by atoms with Crippen LogP contribution in [-0.2, 0) is 19.6 Å². The van der Waals surface area contributed by atoms with E-state index in [1.54, 1.807) is 14.1 Å². The lowest BCUT2D eigenvalue weighted by atomic mass is 10.2. The zero-order chi connectivity index (χ0) is 22.3. The van der Waals surface area contributed by atoms with Gasteiger partial charge in [-0.25, -0.2) is 12.8 Å². The molecule has 0 aliphatic heterocycles. The highest BCUT2D eigenvalue weighted by atomic mass is 32.2. The summed E-state index contributed by atoms with van der Waals surface area (Å²) in [6.07, 6.45) is 0. The summed E-state index contributed by atoms with van der Waals surface area (Å²) in [6, 6.07) is 8.67. The standard InChI is InChI=1S/C18H20FN3O7S/c1-21(2)16-8-7-15(11-17(16)22(24)25)30(26,27)20-12-18(23)29-10-9-28-14-5-3-13(19)4-6-14/h3-8,11,20H,9-10,12H2,1-2H3. The summed E-state index contributed by atoms with van der Waals surface area (Å²) in [5.41, 5.74) is -0.150. The topological polar surface area (TPSA) is 128 Å². The minimum atomic E-state index is -4.17. The van der Waals surface area contributed by atoms with Crippen molar-refractivity contribution in [2.75, 3.05) is 38.8 Å². The first-order valence-electron chi connectivity index (χ1n) is 8.59. The molecule has 2 aromatic rings. The Labute approximate surface area is 172 Å². The Morgan fingerprint density at radius 2 is 1.83 bits per heavy atom. The summed E-state index contributed by atoms with van der Waals surface area (Å²) in [7, 11) is -0.996. The molecule has 0 amide bonds. The number of benzene rings is 2. The molecule has 162 valence electrons. The van der Waals surface area contributed by atoms with Crippen molar-refractivity contribution >= 4 is 27.4 Å². The largest absolute Gasteiger partial charge is 0.490 e. The van der Waals surface area contributed by atoms with Crippen molar-refractivity contribution < 1.29 is 32.0 Å². The summed E-state index contributed by atoms with van der Waals surface area (Å²) in [5.74, 6) is -0.889. The van der Waals surface area contributed by atoms with Crippen molar-refractivity contribution in [2.24, 2.45) is 0 Å². The molecule has 2 aromatic carbocycles. The Morgan fingerprint density at radius 1 is 1.17 bits per heavy atom. The van der Waals surface area contributed by atoms with Gasteiger partial charge in [-0.3, -0.25) is 14.9 Å².